The third kappa shape index (κ3) is 9.62. The van der Waals surface area contributed by atoms with Crippen LogP contribution in [0.25, 0.3) is 0 Å². The van der Waals surface area contributed by atoms with Crippen molar-refractivity contribution in [1.82, 2.24) is 0 Å². The molecule has 0 aromatic heterocycles. The average Bonchev–Trinajstić information content (AvgIpc) is 2.44. The van der Waals surface area contributed by atoms with E-state index in [0.717, 1.165) is 18.2 Å². The first kappa shape index (κ1) is 20.1. The van der Waals surface area contributed by atoms with Crippen molar-refractivity contribution in [3.05, 3.63) is 23.3 Å². The largest absolute Gasteiger partial charge is 0.465 e. The fourth-order valence-corrected chi connectivity index (χ4v) is 2.37. The standard InChI is InChI=1S/C17H27BrO3/c1-5-21-17(20)15(4)16(19)10-9-13(2)7-6-8-14(3)11-12-18/h7,11,15H,5-6,8-10,12H2,1-4H3/b13-7+,14-11+. The highest BCUT2D eigenvalue weighted by Crippen LogP contribution is 2.13. The molecule has 3 nitrogen and oxygen atoms in total. The van der Waals surface area contributed by atoms with Crippen molar-refractivity contribution >= 4 is 27.7 Å². The Labute approximate surface area is 137 Å². The number of esters is 1. The summed E-state index contributed by atoms with van der Waals surface area (Å²) in [6.07, 6.45) is 7.48. The summed E-state index contributed by atoms with van der Waals surface area (Å²) in [7, 11) is 0. The lowest BCUT2D eigenvalue weighted by Crippen LogP contribution is -2.23. The second-order valence-corrected chi connectivity index (χ2v) is 5.88. The summed E-state index contributed by atoms with van der Waals surface area (Å²) < 4.78 is 4.86. The molecule has 0 bridgehead atoms. The van der Waals surface area contributed by atoms with E-state index in [1.54, 1.807) is 13.8 Å². The van der Waals surface area contributed by atoms with Crippen molar-refractivity contribution < 1.29 is 14.3 Å². The minimum absolute atomic E-state index is 0.0448. The average molecular weight is 359 g/mol. The number of carbonyl (C=O) groups is 2. The van der Waals surface area contributed by atoms with Crippen LogP contribution in [0.2, 0.25) is 0 Å². The van der Waals surface area contributed by atoms with Crippen LogP contribution in [0.5, 0.6) is 0 Å². The highest BCUT2D eigenvalue weighted by atomic mass is 79.9. The number of rotatable bonds is 10. The van der Waals surface area contributed by atoms with Crippen molar-refractivity contribution in [3.63, 3.8) is 0 Å². The van der Waals surface area contributed by atoms with Gasteiger partial charge >= 0.3 is 5.97 Å². The van der Waals surface area contributed by atoms with Gasteiger partial charge in [-0.1, -0.05) is 39.2 Å². The number of ketones is 1. The highest BCUT2D eigenvalue weighted by Gasteiger charge is 2.21. The Bertz CT molecular complexity index is 397. The van der Waals surface area contributed by atoms with Gasteiger partial charge in [0.1, 0.15) is 11.7 Å². The minimum atomic E-state index is -0.651. The molecule has 1 atom stereocenters. The molecule has 0 radical (unpaired) electrons. The number of hydrogen-bond donors (Lipinski definition) is 0. The van der Waals surface area contributed by atoms with Crippen LogP contribution in [0, 0.1) is 5.92 Å². The number of alkyl halides is 1. The molecular formula is C17H27BrO3. The molecule has 120 valence electrons. The molecule has 1 unspecified atom stereocenters. The van der Waals surface area contributed by atoms with E-state index in [4.69, 9.17) is 4.74 Å². The van der Waals surface area contributed by atoms with E-state index in [1.807, 2.05) is 6.92 Å². The predicted molar refractivity (Wildman–Crippen MR) is 90.6 cm³/mol. The molecule has 0 saturated carbocycles. The van der Waals surface area contributed by atoms with E-state index in [1.165, 1.54) is 11.1 Å². The molecule has 0 aliphatic heterocycles. The fraction of sp³-hybridized carbons (Fsp3) is 0.647. The monoisotopic (exact) mass is 358 g/mol. The van der Waals surface area contributed by atoms with Crippen LogP contribution in [0.4, 0.5) is 0 Å². The van der Waals surface area contributed by atoms with Gasteiger partial charge in [0.05, 0.1) is 6.61 Å². The van der Waals surface area contributed by atoms with Gasteiger partial charge in [0.2, 0.25) is 0 Å². The van der Waals surface area contributed by atoms with Gasteiger partial charge in [-0.25, -0.2) is 0 Å². The number of Topliss-reactive ketones (excluding diaryl/α,β-unsaturated/α-hetero) is 1. The lowest BCUT2D eigenvalue weighted by atomic mass is 9.99. The SMILES string of the molecule is CCOC(=O)C(C)C(=O)CC/C(C)=C/CC/C(C)=C/CBr. The topological polar surface area (TPSA) is 43.4 Å². The van der Waals surface area contributed by atoms with Crippen molar-refractivity contribution in [2.75, 3.05) is 11.9 Å². The third-order valence-electron chi connectivity index (χ3n) is 3.35. The molecule has 0 fully saturated rings. The normalized spacial score (nSPS) is 14.0. The van der Waals surface area contributed by atoms with Gasteiger partial charge in [-0.05, 0) is 47.0 Å². The van der Waals surface area contributed by atoms with E-state index >= 15 is 0 Å². The van der Waals surface area contributed by atoms with E-state index in [9.17, 15) is 9.59 Å². The summed E-state index contributed by atoms with van der Waals surface area (Å²) in [5.41, 5.74) is 2.56. The molecule has 0 N–H and O–H groups in total. The molecular weight excluding hydrogens is 332 g/mol. The Kier molecular flexibility index (Phi) is 11.2. The zero-order valence-electron chi connectivity index (χ0n) is 13.6. The molecule has 21 heavy (non-hydrogen) atoms. The van der Waals surface area contributed by atoms with Crippen molar-refractivity contribution in [1.29, 1.82) is 0 Å². The zero-order valence-corrected chi connectivity index (χ0v) is 15.2. The quantitative estimate of drug-likeness (QED) is 0.248. The van der Waals surface area contributed by atoms with Crippen LogP contribution in [-0.4, -0.2) is 23.7 Å². The molecule has 0 spiro atoms. The molecule has 0 aromatic rings. The minimum Gasteiger partial charge on any atom is -0.465 e. The molecule has 0 aliphatic rings. The van der Waals surface area contributed by atoms with Crippen molar-refractivity contribution in [2.45, 2.75) is 53.4 Å². The molecule has 4 heteroatoms. The maximum absolute atomic E-state index is 11.9. The van der Waals surface area contributed by atoms with Crippen LogP contribution in [0.1, 0.15) is 53.4 Å². The second kappa shape index (κ2) is 11.7. The molecule has 0 heterocycles. The second-order valence-electron chi connectivity index (χ2n) is 5.23. The van der Waals surface area contributed by atoms with Gasteiger partial charge in [-0.2, -0.15) is 0 Å². The number of halogens is 1. The van der Waals surface area contributed by atoms with E-state index in [0.29, 0.717) is 19.4 Å². The van der Waals surface area contributed by atoms with E-state index < -0.39 is 11.9 Å². The Morgan fingerprint density at radius 3 is 2.29 bits per heavy atom. The van der Waals surface area contributed by atoms with E-state index in [-0.39, 0.29) is 5.78 Å². The maximum Gasteiger partial charge on any atom is 0.316 e. The van der Waals surface area contributed by atoms with Gasteiger partial charge in [0, 0.05) is 11.8 Å². The van der Waals surface area contributed by atoms with Crippen molar-refractivity contribution in [2.24, 2.45) is 5.92 Å². The number of allylic oxidation sites excluding steroid dienone is 4. The van der Waals surface area contributed by atoms with Gasteiger partial charge in [0.25, 0.3) is 0 Å². The summed E-state index contributed by atoms with van der Waals surface area (Å²) >= 11 is 3.38. The van der Waals surface area contributed by atoms with Crippen molar-refractivity contribution in [3.8, 4) is 0 Å². The Morgan fingerprint density at radius 1 is 1.10 bits per heavy atom. The zero-order chi connectivity index (χ0) is 16.3. The summed E-state index contributed by atoms with van der Waals surface area (Å²) in [5, 5.41) is 0.891. The summed E-state index contributed by atoms with van der Waals surface area (Å²) in [6, 6.07) is 0. The molecule has 0 aromatic carbocycles. The van der Waals surface area contributed by atoms with Gasteiger partial charge < -0.3 is 4.74 Å². The van der Waals surface area contributed by atoms with Gasteiger partial charge in [-0.15, -0.1) is 0 Å². The van der Waals surface area contributed by atoms with Crippen LogP contribution in [0.15, 0.2) is 23.3 Å². The number of carbonyl (C=O) groups excluding carboxylic acids is 2. The summed E-state index contributed by atoms with van der Waals surface area (Å²) in [6.45, 7) is 7.83. The molecule has 0 amide bonds. The maximum atomic E-state index is 11.9. The lowest BCUT2D eigenvalue weighted by Gasteiger charge is -2.09. The number of ether oxygens (including phenoxy) is 1. The van der Waals surface area contributed by atoms with Crippen LogP contribution in [0.3, 0.4) is 0 Å². The first-order chi connectivity index (χ1) is 9.92. The predicted octanol–water partition coefficient (Wildman–Crippen LogP) is 4.60. The Morgan fingerprint density at radius 2 is 1.71 bits per heavy atom. The summed E-state index contributed by atoms with van der Waals surface area (Å²) in [4.78, 5) is 23.4. The smallest absolute Gasteiger partial charge is 0.316 e. The molecule has 0 rings (SSSR count). The van der Waals surface area contributed by atoms with E-state index in [2.05, 4.69) is 35.0 Å². The lowest BCUT2D eigenvalue weighted by molar-refractivity contribution is -0.150. The highest BCUT2D eigenvalue weighted by molar-refractivity contribution is 9.09. The van der Waals surface area contributed by atoms with Gasteiger partial charge in [-0.3, -0.25) is 9.59 Å². The Hall–Kier alpha value is -0.900. The third-order valence-corrected chi connectivity index (χ3v) is 3.67. The number of hydrogen-bond acceptors (Lipinski definition) is 3. The molecule has 0 aliphatic carbocycles. The van der Waals surface area contributed by atoms with Gasteiger partial charge in [0.15, 0.2) is 0 Å². The fourth-order valence-electron chi connectivity index (χ4n) is 1.82. The first-order valence-electron chi connectivity index (χ1n) is 7.48. The molecule has 0 saturated heterocycles. The Balaban J connectivity index is 4.11. The van der Waals surface area contributed by atoms with Crippen LogP contribution in [-0.2, 0) is 14.3 Å². The van der Waals surface area contributed by atoms with Crippen LogP contribution >= 0.6 is 15.9 Å². The van der Waals surface area contributed by atoms with Crippen LogP contribution < -0.4 is 0 Å². The first-order valence-corrected chi connectivity index (χ1v) is 8.61. The summed E-state index contributed by atoms with van der Waals surface area (Å²) in [5.74, 6) is -1.11.